The fourth-order valence-electron chi connectivity index (χ4n) is 2.24. The number of rotatable bonds is 7. The zero-order valence-electron chi connectivity index (χ0n) is 14.8. The standard InChI is InChI=1S/C19H18FN3O3S/c1-3-25-14-10-8-13(9-11-14)18-22-23-19(26-18)27-12(2)17(24)21-16-7-5-4-6-15(16)20/h4-12H,3H2,1-2H3,(H,21,24)/t12-/m0/s1. The molecule has 0 aliphatic heterocycles. The number of hydrogen-bond donors (Lipinski definition) is 1. The number of para-hydroxylation sites is 1. The summed E-state index contributed by atoms with van der Waals surface area (Å²) in [7, 11) is 0. The van der Waals surface area contributed by atoms with E-state index in [1.54, 1.807) is 19.1 Å². The molecule has 0 aliphatic carbocycles. The van der Waals surface area contributed by atoms with Crippen LogP contribution >= 0.6 is 11.8 Å². The number of amides is 1. The Morgan fingerprint density at radius 3 is 2.67 bits per heavy atom. The number of hydrogen-bond acceptors (Lipinski definition) is 6. The Hall–Kier alpha value is -2.87. The van der Waals surface area contributed by atoms with Crippen LogP contribution in [0.4, 0.5) is 10.1 Å². The normalized spacial score (nSPS) is 11.8. The minimum atomic E-state index is -0.543. The van der Waals surface area contributed by atoms with Crippen molar-refractivity contribution in [2.75, 3.05) is 11.9 Å². The summed E-state index contributed by atoms with van der Waals surface area (Å²) in [4.78, 5) is 12.2. The Labute approximate surface area is 160 Å². The molecule has 8 heteroatoms. The first-order valence-electron chi connectivity index (χ1n) is 8.35. The van der Waals surface area contributed by atoms with Gasteiger partial charge < -0.3 is 14.5 Å². The second-order valence-electron chi connectivity index (χ2n) is 5.56. The van der Waals surface area contributed by atoms with Gasteiger partial charge in [-0.25, -0.2) is 4.39 Å². The summed E-state index contributed by atoms with van der Waals surface area (Å²) in [6.45, 7) is 4.19. The third-order valence-electron chi connectivity index (χ3n) is 3.60. The molecule has 0 bridgehead atoms. The van der Waals surface area contributed by atoms with E-state index in [1.165, 1.54) is 12.1 Å². The van der Waals surface area contributed by atoms with Gasteiger partial charge >= 0.3 is 0 Å². The van der Waals surface area contributed by atoms with E-state index in [0.29, 0.717) is 12.5 Å². The van der Waals surface area contributed by atoms with Gasteiger partial charge in [-0.15, -0.1) is 10.2 Å². The number of nitrogens with one attached hydrogen (secondary N) is 1. The topological polar surface area (TPSA) is 77.2 Å². The summed E-state index contributed by atoms with van der Waals surface area (Å²) < 4.78 is 24.6. The lowest BCUT2D eigenvalue weighted by atomic mass is 10.2. The summed E-state index contributed by atoms with van der Waals surface area (Å²) in [5, 5.41) is 10.2. The number of carbonyl (C=O) groups is 1. The minimum absolute atomic E-state index is 0.135. The van der Waals surface area contributed by atoms with Crippen LogP contribution < -0.4 is 10.1 Å². The molecular formula is C19H18FN3O3S. The highest BCUT2D eigenvalue weighted by atomic mass is 32.2. The predicted molar refractivity (Wildman–Crippen MR) is 101 cm³/mol. The maximum absolute atomic E-state index is 13.6. The monoisotopic (exact) mass is 387 g/mol. The van der Waals surface area contributed by atoms with E-state index in [4.69, 9.17) is 9.15 Å². The van der Waals surface area contributed by atoms with Crippen molar-refractivity contribution >= 4 is 23.4 Å². The first kappa shape index (κ1) is 18.9. The highest BCUT2D eigenvalue weighted by Crippen LogP contribution is 2.28. The van der Waals surface area contributed by atoms with Crippen molar-refractivity contribution in [2.24, 2.45) is 0 Å². The fraction of sp³-hybridized carbons (Fsp3) is 0.211. The van der Waals surface area contributed by atoms with E-state index in [1.807, 2.05) is 31.2 Å². The van der Waals surface area contributed by atoms with E-state index in [2.05, 4.69) is 15.5 Å². The van der Waals surface area contributed by atoms with Crippen LogP contribution in [0.5, 0.6) is 5.75 Å². The first-order chi connectivity index (χ1) is 13.1. The third-order valence-corrected chi connectivity index (χ3v) is 4.53. The fourth-order valence-corrected chi connectivity index (χ4v) is 2.92. The molecule has 1 atom stereocenters. The molecule has 0 aliphatic rings. The molecule has 1 amide bonds. The molecule has 140 valence electrons. The molecule has 3 aromatic rings. The number of ether oxygens (including phenoxy) is 1. The lowest BCUT2D eigenvalue weighted by molar-refractivity contribution is -0.115. The summed E-state index contributed by atoms with van der Waals surface area (Å²) in [6.07, 6.45) is 0. The van der Waals surface area contributed by atoms with Crippen LogP contribution in [0.25, 0.3) is 11.5 Å². The first-order valence-corrected chi connectivity index (χ1v) is 9.23. The van der Waals surface area contributed by atoms with E-state index in [9.17, 15) is 9.18 Å². The Morgan fingerprint density at radius 1 is 1.22 bits per heavy atom. The van der Waals surface area contributed by atoms with E-state index in [0.717, 1.165) is 23.1 Å². The second kappa shape index (κ2) is 8.68. The van der Waals surface area contributed by atoms with Crippen LogP contribution in [-0.4, -0.2) is 28.0 Å². The van der Waals surface area contributed by atoms with Gasteiger partial charge in [-0.05, 0) is 50.2 Å². The van der Waals surface area contributed by atoms with E-state index < -0.39 is 11.1 Å². The van der Waals surface area contributed by atoms with E-state index >= 15 is 0 Å². The molecule has 0 fully saturated rings. The lowest BCUT2D eigenvalue weighted by Crippen LogP contribution is -2.22. The maximum atomic E-state index is 13.6. The van der Waals surface area contributed by atoms with Crippen molar-refractivity contribution in [3.8, 4) is 17.2 Å². The Kier molecular flexibility index (Phi) is 6.08. The zero-order valence-corrected chi connectivity index (χ0v) is 15.6. The molecule has 1 aromatic heterocycles. The minimum Gasteiger partial charge on any atom is -0.494 e. The van der Waals surface area contributed by atoms with Gasteiger partial charge in [0.15, 0.2) is 0 Å². The molecule has 0 saturated carbocycles. The number of carbonyl (C=O) groups excluding carboxylic acids is 1. The number of nitrogens with zero attached hydrogens (tertiary/aromatic N) is 2. The lowest BCUT2D eigenvalue weighted by Gasteiger charge is -2.10. The number of anilines is 1. The SMILES string of the molecule is CCOc1ccc(-c2nnc(S[C@@H](C)C(=O)Nc3ccccc3F)o2)cc1. The molecule has 1 N–H and O–H groups in total. The van der Waals surface area contributed by atoms with Crippen LogP contribution in [-0.2, 0) is 4.79 Å². The molecule has 0 radical (unpaired) electrons. The van der Waals surface area contributed by atoms with Gasteiger partial charge in [0, 0.05) is 5.56 Å². The van der Waals surface area contributed by atoms with Crippen molar-refractivity contribution in [1.82, 2.24) is 10.2 Å². The zero-order chi connectivity index (χ0) is 19.2. The van der Waals surface area contributed by atoms with Crippen molar-refractivity contribution in [1.29, 1.82) is 0 Å². The molecule has 1 heterocycles. The maximum Gasteiger partial charge on any atom is 0.277 e. The van der Waals surface area contributed by atoms with Gasteiger partial charge in [0.05, 0.1) is 17.5 Å². The highest BCUT2D eigenvalue weighted by molar-refractivity contribution is 8.00. The largest absolute Gasteiger partial charge is 0.494 e. The molecule has 6 nitrogen and oxygen atoms in total. The number of benzene rings is 2. The average Bonchev–Trinajstić information content (AvgIpc) is 3.13. The second-order valence-corrected chi connectivity index (χ2v) is 6.85. The number of halogens is 1. The van der Waals surface area contributed by atoms with Crippen molar-refractivity contribution in [3.63, 3.8) is 0 Å². The van der Waals surface area contributed by atoms with Crippen molar-refractivity contribution < 1.29 is 18.3 Å². The van der Waals surface area contributed by atoms with Gasteiger partial charge in [-0.3, -0.25) is 4.79 Å². The summed E-state index contributed by atoms with van der Waals surface area (Å²) in [5.74, 6) is 0.264. The van der Waals surface area contributed by atoms with E-state index in [-0.39, 0.29) is 16.8 Å². The number of thioether (sulfide) groups is 1. The van der Waals surface area contributed by atoms with Crippen molar-refractivity contribution in [3.05, 3.63) is 54.3 Å². The molecule has 0 spiro atoms. The molecule has 2 aromatic carbocycles. The van der Waals surface area contributed by atoms with Crippen LogP contribution in [0, 0.1) is 5.82 Å². The van der Waals surface area contributed by atoms with Gasteiger partial charge in [0.25, 0.3) is 5.22 Å². The number of aromatic nitrogens is 2. The summed E-state index contributed by atoms with van der Waals surface area (Å²) in [6, 6.07) is 13.3. The van der Waals surface area contributed by atoms with Gasteiger partial charge in [-0.2, -0.15) is 0 Å². The van der Waals surface area contributed by atoms with Crippen LogP contribution in [0.15, 0.2) is 58.2 Å². The predicted octanol–water partition coefficient (Wildman–Crippen LogP) is 4.39. The van der Waals surface area contributed by atoms with Crippen LogP contribution in [0.3, 0.4) is 0 Å². The molecular weight excluding hydrogens is 369 g/mol. The van der Waals surface area contributed by atoms with Gasteiger partial charge in [0.2, 0.25) is 11.8 Å². The summed E-state index contributed by atoms with van der Waals surface area (Å²) >= 11 is 1.10. The Bertz CT molecular complexity index is 915. The quantitative estimate of drug-likeness (QED) is 0.606. The molecule has 0 saturated heterocycles. The highest BCUT2D eigenvalue weighted by Gasteiger charge is 2.19. The third kappa shape index (κ3) is 4.85. The van der Waals surface area contributed by atoms with Crippen LogP contribution in [0.2, 0.25) is 0 Å². The van der Waals surface area contributed by atoms with Gasteiger partial charge in [-0.1, -0.05) is 23.9 Å². The Morgan fingerprint density at radius 2 is 1.96 bits per heavy atom. The van der Waals surface area contributed by atoms with Crippen LogP contribution in [0.1, 0.15) is 13.8 Å². The van der Waals surface area contributed by atoms with Gasteiger partial charge in [0.1, 0.15) is 11.6 Å². The smallest absolute Gasteiger partial charge is 0.277 e. The Balaban J connectivity index is 1.62. The summed E-state index contributed by atoms with van der Waals surface area (Å²) in [5.41, 5.74) is 0.886. The average molecular weight is 387 g/mol. The molecule has 27 heavy (non-hydrogen) atoms. The molecule has 3 rings (SSSR count). The van der Waals surface area contributed by atoms with Crippen molar-refractivity contribution in [2.45, 2.75) is 24.3 Å². The molecule has 0 unspecified atom stereocenters.